The van der Waals surface area contributed by atoms with Gasteiger partial charge in [-0.05, 0) is 13.0 Å². The maximum atomic E-state index is 5.35. The van der Waals surface area contributed by atoms with Gasteiger partial charge < -0.3 is 10.1 Å². The second-order valence-corrected chi connectivity index (χ2v) is 4.54. The standard InChI is InChI=1S/C13H16N2OS/c1-10(14-7-11-8-17-9-15-11)12-5-3-4-6-13(12)16-2/h3-6,8-10,14H,7H2,1-2H3/t10-/m1/s1. The number of nitrogens with zero attached hydrogens (tertiary/aromatic N) is 1. The summed E-state index contributed by atoms with van der Waals surface area (Å²) in [5.41, 5.74) is 4.10. The molecule has 90 valence electrons. The Bertz CT molecular complexity index is 456. The van der Waals surface area contributed by atoms with Crippen molar-refractivity contribution in [3.05, 3.63) is 46.4 Å². The van der Waals surface area contributed by atoms with E-state index in [2.05, 4.69) is 28.7 Å². The minimum atomic E-state index is 0.243. The van der Waals surface area contributed by atoms with Gasteiger partial charge in [0.1, 0.15) is 5.75 Å². The van der Waals surface area contributed by atoms with Crippen molar-refractivity contribution in [2.24, 2.45) is 0 Å². The van der Waals surface area contributed by atoms with E-state index in [4.69, 9.17) is 4.74 Å². The van der Waals surface area contributed by atoms with Crippen LogP contribution in [0, 0.1) is 0 Å². The quantitative estimate of drug-likeness (QED) is 0.883. The third-order valence-corrected chi connectivity index (χ3v) is 3.31. The number of rotatable bonds is 5. The van der Waals surface area contributed by atoms with E-state index in [1.54, 1.807) is 18.4 Å². The van der Waals surface area contributed by atoms with E-state index in [0.29, 0.717) is 0 Å². The second-order valence-electron chi connectivity index (χ2n) is 3.82. The summed E-state index contributed by atoms with van der Waals surface area (Å²) in [6.07, 6.45) is 0. The van der Waals surface area contributed by atoms with Gasteiger partial charge in [-0.15, -0.1) is 11.3 Å². The van der Waals surface area contributed by atoms with Crippen LogP contribution >= 0.6 is 11.3 Å². The summed E-state index contributed by atoms with van der Waals surface area (Å²) in [5, 5.41) is 5.50. The predicted molar refractivity (Wildman–Crippen MR) is 70.4 cm³/mol. The number of aromatic nitrogens is 1. The van der Waals surface area contributed by atoms with Crippen molar-refractivity contribution in [1.82, 2.24) is 10.3 Å². The van der Waals surface area contributed by atoms with Gasteiger partial charge in [0.05, 0.1) is 18.3 Å². The molecule has 17 heavy (non-hydrogen) atoms. The van der Waals surface area contributed by atoms with Crippen LogP contribution in [0.3, 0.4) is 0 Å². The first kappa shape index (κ1) is 12.1. The van der Waals surface area contributed by atoms with Gasteiger partial charge in [0.25, 0.3) is 0 Å². The number of benzene rings is 1. The zero-order valence-corrected chi connectivity index (χ0v) is 10.8. The van der Waals surface area contributed by atoms with Crippen molar-refractivity contribution in [1.29, 1.82) is 0 Å². The van der Waals surface area contributed by atoms with Crippen molar-refractivity contribution < 1.29 is 4.74 Å². The summed E-state index contributed by atoms with van der Waals surface area (Å²) in [4.78, 5) is 4.25. The number of hydrogen-bond acceptors (Lipinski definition) is 4. The van der Waals surface area contributed by atoms with Crippen molar-refractivity contribution in [3.8, 4) is 5.75 Å². The van der Waals surface area contributed by atoms with Gasteiger partial charge in [-0.1, -0.05) is 18.2 Å². The Kier molecular flexibility index (Phi) is 4.12. The highest BCUT2D eigenvalue weighted by atomic mass is 32.1. The van der Waals surface area contributed by atoms with Crippen LogP contribution in [-0.2, 0) is 6.54 Å². The molecule has 3 nitrogen and oxygen atoms in total. The van der Waals surface area contributed by atoms with E-state index in [1.165, 1.54) is 5.56 Å². The van der Waals surface area contributed by atoms with Gasteiger partial charge in [-0.3, -0.25) is 0 Å². The lowest BCUT2D eigenvalue weighted by Gasteiger charge is -2.16. The Morgan fingerprint density at radius 1 is 1.41 bits per heavy atom. The number of thiazole rings is 1. The Morgan fingerprint density at radius 2 is 2.24 bits per heavy atom. The zero-order chi connectivity index (χ0) is 12.1. The molecule has 2 rings (SSSR count). The monoisotopic (exact) mass is 248 g/mol. The van der Waals surface area contributed by atoms with E-state index < -0.39 is 0 Å². The second kappa shape index (κ2) is 5.80. The van der Waals surface area contributed by atoms with Gasteiger partial charge in [-0.25, -0.2) is 4.98 Å². The molecule has 0 aliphatic carbocycles. The summed E-state index contributed by atoms with van der Waals surface area (Å²) in [6, 6.07) is 8.32. The van der Waals surface area contributed by atoms with Crippen molar-refractivity contribution in [3.63, 3.8) is 0 Å². The van der Waals surface area contributed by atoms with Gasteiger partial charge >= 0.3 is 0 Å². The van der Waals surface area contributed by atoms with Crippen molar-refractivity contribution >= 4 is 11.3 Å². The molecular weight excluding hydrogens is 232 g/mol. The molecule has 0 saturated carbocycles. The molecule has 1 aromatic heterocycles. The number of ether oxygens (including phenoxy) is 1. The van der Waals surface area contributed by atoms with Gasteiger partial charge in [0.2, 0.25) is 0 Å². The Hall–Kier alpha value is -1.39. The third-order valence-electron chi connectivity index (χ3n) is 2.68. The molecule has 1 atom stereocenters. The van der Waals surface area contributed by atoms with Crippen LogP contribution in [-0.4, -0.2) is 12.1 Å². The highest BCUT2D eigenvalue weighted by molar-refractivity contribution is 7.07. The van der Waals surface area contributed by atoms with Crippen LogP contribution in [0.2, 0.25) is 0 Å². The molecule has 0 aliphatic heterocycles. The van der Waals surface area contributed by atoms with E-state index in [1.807, 2.05) is 23.7 Å². The molecular formula is C13H16N2OS. The summed E-state index contributed by atoms with van der Waals surface area (Å²) in [6.45, 7) is 2.91. The highest BCUT2D eigenvalue weighted by Crippen LogP contribution is 2.24. The molecule has 0 amide bonds. The van der Waals surface area contributed by atoms with Crippen LogP contribution in [0.1, 0.15) is 24.2 Å². The van der Waals surface area contributed by atoms with E-state index >= 15 is 0 Å². The van der Waals surface area contributed by atoms with Gasteiger partial charge in [0.15, 0.2) is 0 Å². The maximum Gasteiger partial charge on any atom is 0.123 e. The summed E-state index contributed by atoms with van der Waals surface area (Å²) in [7, 11) is 1.70. The molecule has 0 saturated heterocycles. The number of nitrogens with one attached hydrogen (secondary N) is 1. The molecule has 0 fully saturated rings. The molecule has 1 aromatic carbocycles. The third kappa shape index (κ3) is 3.05. The fourth-order valence-electron chi connectivity index (χ4n) is 1.72. The van der Waals surface area contributed by atoms with E-state index in [9.17, 15) is 0 Å². The largest absolute Gasteiger partial charge is 0.496 e. The van der Waals surface area contributed by atoms with Crippen LogP contribution in [0.4, 0.5) is 0 Å². The Balaban J connectivity index is 2.01. The molecule has 2 aromatic rings. The highest BCUT2D eigenvalue weighted by Gasteiger charge is 2.10. The normalized spacial score (nSPS) is 12.4. The van der Waals surface area contributed by atoms with Crippen LogP contribution in [0.25, 0.3) is 0 Å². The summed E-state index contributed by atoms with van der Waals surface area (Å²) >= 11 is 1.62. The topological polar surface area (TPSA) is 34.1 Å². The molecule has 1 heterocycles. The molecule has 0 radical (unpaired) electrons. The lowest BCUT2D eigenvalue weighted by molar-refractivity contribution is 0.401. The molecule has 4 heteroatoms. The molecule has 0 bridgehead atoms. The molecule has 0 unspecified atom stereocenters. The Morgan fingerprint density at radius 3 is 2.94 bits per heavy atom. The van der Waals surface area contributed by atoms with E-state index in [-0.39, 0.29) is 6.04 Å². The number of methoxy groups -OCH3 is 1. The maximum absolute atomic E-state index is 5.35. The first-order chi connectivity index (χ1) is 8.31. The number of hydrogen-bond donors (Lipinski definition) is 1. The van der Waals surface area contributed by atoms with Crippen molar-refractivity contribution in [2.45, 2.75) is 19.5 Å². The average molecular weight is 248 g/mol. The van der Waals surface area contributed by atoms with Crippen LogP contribution < -0.4 is 10.1 Å². The average Bonchev–Trinajstić information content (AvgIpc) is 2.89. The molecule has 0 aliphatic rings. The van der Waals surface area contributed by atoms with Gasteiger partial charge in [0, 0.05) is 23.5 Å². The summed E-state index contributed by atoms with van der Waals surface area (Å²) < 4.78 is 5.35. The minimum absolute atomic E-state index is 0.243. The fourth-order valence-corrected chi connectivity index (χ4v) is 2.27. The Labute approximate surface area is 105 Å². The molecule has 1 N–H and O–H groups in total. The first-order valence-electron chi connectivity index (χ1n) is 5.54. The number of para-hydroxylation sites is 1. The fraction of sp³-hybridized carbons (Fsp3) is 0.308. The minimum Gasteiger partial charge on any atom is -0.496 e. The smallest absolute Gasteiger partial charge is 0.123 e. The SMILES string of the molecule is COc1ccccc1[C@@H](C)NCc1cscn1. The lowest BCUT2D eigenvalue weighted by Crippen LogP contribution is -2.18. The predicted octanol–water partition coefficient (Wildman–Crippen LogP) is 3.00. The van der Waals surface area contributed by atoms with Gasteiger partial charge in [-0.2, -0.15) is 0 Å². The van der Waals surface area contributed by atoms with Crippen LogP contribution in [0.15, 0.2) is 35.2 Å². The first-order valence-corrected chi connectivity index (χ1v) is 6.49. The van der Waals surface area contributed by atoms with Crippen molar-refractivity contribution in [2.75, 3.05) is 7.11 Å². The molecule has 0 spiro atoms. The lowest BCUT2D eigenvalue weighted by atomic mass is 10.1. The van der Waals surface area contributed by atoms with E-state index in [0.717, 1.165) is 18.0 Å². The zero-order valence-electron chi connectivity index (χ0n) is 10.0. The summed E-state index contributed by atoms with van der Waals surface area (Å²) in [5.74, 6) is 0.922. The van der Waals surface area contributed by atoms with Crippen LogP contribution in [0.5, 0.6) is 5.75 Å².